The Labute approximate surface area is 158 Å². The summed E-state index contributed by atoms with van der Waals surface area (Å²) in [5.74, 6) is 1.35. The number of amides is 1. The van der Waals surface area contributed by atoms with Crippen LogP contribution in [-0.4, -0.2) is 54.4 Å². The summed E-state index contributed by atoms with van der Waals surface area (Å²) in [5.41, 5.74) is 0. The van der Waals surface area contributed by atoms with E-state index in [4.69, 9.17) is 14.6 Å². The van der Waals surface area contributed by atoms with E-state index >= 15 is 0 Å². The molecule has 0 spiro atoms. The highest BCUT2D eigenvalue weighted by Crippen LogP contribution is 2.32. The fourth-order valence-corrected chi connectivity index (χ4v) is 4.09. The maximum atomic E-state index is 12.6. The van der Waals surface area contributed by atoms with Crippen molar-refractivity contribution in [2.45, 2.75) is 49.5 Å². The van der Waals surface area contributed by atoms with Crippen molar-refractivity contribution in [1.82, 2.24) is 4.90 Å². The molecule has 1 saturated heterocycles. The molecule has 1 amide bonds. The first kappa shape index (κ1) is 20.4. The Morgan fingerprint density at radius 1 is 1.19 bits per heavy atom. The zero-order valence-electron chi connectivity index (χ0n) is 15.4. The topological polar surface area (TPSA) is 76.1 Å². The first-order valence-electron chi connectivity index (χ1n) is 8.91. The van der Waals surface area contributed by atoms with Crippen molar-refractivity contribution >= 4 is 23.6 Å². The molecule has 1 fully saturated rings. The monoisotopic (exact) mass is 381 g/mol. The van der Waals surface area contributed by atoms with Gasteiger partial charge >= 0.3 is 5.97 Å². The lowest BCUT2D eigenvalue weighted by molar-refractivity contribution is -0.140. The molecule has 1 aliphatic heterocycles. The Morgan fingerprint density at radius 3 is 2.65 bits per heavy atom. The number of hydrogen-bond acceptors (Lipinski definition) is 5. The first-order valence-corrected chi connectivity index (χ1v) is 9.89. The Morgan fingerprint density at radius 2 is 1.96 bits per heavy atom. The number of ether oxygens (including phenoxy) is 2. The van der Waals surface area contributed by atoms with E-state index in [9.17, 15) is 9.59 Å². The van der Waals surface area contributed by atoms with Gasteiger partial charge in [0.2, 0.25) is 5.91 Å². The van der Waals surface area contributed by atoms with Crippen LogP contribution in [0.25, 0.3) is 0 Å². The number of carbonyl (C=O) groups excluding carboxylic acids is 1. The highest BCUT2D eigenvalue weighted by Gasteiger charge is 2.26. The van der Waals surface area contributed by atoms with Gasteiger partial charge in [0.05, 0.1) is 14.2 Å². The predicted molar refractivity (Wildman–Crippen MR) is 101 cm³/mol. The average molecular weight is 381 g/mol. The zero-order chi connectivity index (χ0) is 18.9. The van der Waals surface area contributed by atoms with E-state index in [1.54, 1.807) is 26.0 Å². The molecule has 1 unspecified atom stereocenters. The average Bonchev–Trinajstić information content (AvgIpc) is 2.66. The number of rotatable bonds is 9. The summed E-state index contributed by atoms with van der Waals surface area (Å²) in [6.45, 7) is 0.740. The number of aliphatic carboxylic acids is 1. The molecule has 2 rings (SSSR count). The van der Waals surface area contributed by atoms with Gasteiger partial charge in [-0.3, -0.25) is 9.59 Å². The molecular formula is C19H27NO5S. The summed E-state index contributed by atoms with van der Waals surface area (Å²) in [6.07, 6.45) is 4.08. The third-order valence-corrected chi connectivity index (χ3v) is 5.57. The maximum Gasteiger partial charge on any atom is 0.303 e. The molecule has 144 valence electrons. The Bertz CT molecular complexity index is 622. The molecule has 0 saturated carbocycles. The van der Waals surface area contributed by atoms with E-state index in [-0.39, 0.29) is 18.4 Å². The molecule has 0 bridgehead atoms. The number of carboxylic acids is 1. The minimum atomic E-state index is -0.799. The van der Waals surface area contributed by atoms with Crippen LogP contribution in [0.5, 0.6) is 11.5 Å². The van der Waals surface area contributed by atoms with Crippen molar-refractivity contribution < 1.29 is 24.2 Å². The molecule has 1 aromatic carbocycles. The Hall–Kier alpha value is -1.89. The van der Waals surface area contributed by atoms with Gasteiger partial charge < -0.3 is 19.5 Å². The molecule has 26 heavy (non-hydrogen) atoms. The van der Waals surface area contributed by atoms with E-state index < -0.39 is 5.97 Å². The summed E-state index contributed by atoms with van der Waals surface area (Å²) in [6, 6.07) is 5.78. The number of benzene rings is 1. The van der Waals surface area contributed by atoms with E-state index in [2.05, 4.69) is 0 Å². The first-order chi connectivity index (χ1) is 12.5. The zero-order valence-corrected chi connectivity index (χ0v) is 16.2. The number of methoxy groups -OCH3 is 2. The third kappa shape index (κ3) is 5.83. The van der Waals surface area contributed by atoms with Crippen molar-refractivity contribution in [2.24, 2.45) is 0 Å². The second-order valence-corrected chi connectivity index (χ2v) is 7.45. The largest absolute Gasteiger partial charge is 0.493 e. The Kier molecular flexibility index (Phi) is 8.09. The smallest absolute Gasteiger partial charge is 0.303 e. The molecule has 1 aliphatic rings. The number of nitrogens with zero attached hydrogens (tertiary/aromatic N) is 1. The summed E-state index contributed by atoms with van der Waals surface area (Å²) in [7, 11) is 3.20. The fraction of sp³-hybridized carbons (Fsp3) is 0.579. The highest BCUT2D eigenvalue weighted by molar-refractivity contribution is 7.99. The van der Waals surface area contributed by atoms with Crippen LogP contribution >= 0.6 is 11.8 Å². The quantitative estimate of drug-likeness (QED) is 0.661. The normalized spacial score (nSPS) is 17.0. The van der Waals surface area contributed by atoms with Crippen LogP contribution in [-0.2, 0) is 9.59 Å². The molecule has 0 aromatic heterocycles. The van der Waals surface area contributed by atoms with E-state index in [1.165, 1.54) is 0 Å². The third-order valence-electron chi connectivity index (χ3n) is 4.58. The standard InChI is InChI=1S/C19H27NO5S/c1-24-16-8-7-15(13-17(16)25-2)26-12-10-18(21)20-11-4-3-5-14(20)6-9-19(22)23/h7-8,13-14H,3-6,9-12H2,1-2H3,(H,22,23). The summed E-state index contributed by atoms with van der Waals surface area (Å²) < 4.78 is 10.5. The van der Waals surface area contributed by atoms with Crippen molar-refractivity contribution in [3.05, 3.63) is 18.2 Å². The molecule has 0 radical (unpaired) electrons. The molecule has 1 atom stereocenters. The predicted octanol–water partition coefficient (Wildman–Crippen LogP) is 3.43. The van der Waals surface area contributed by atoms with Gasteiger partial charge in [-0.1, -0.05) is 0 Å². The lowest BCUT2D eigenvalue weighted by atomic mass is 9.97. The second-order valence-electron chi connectivity index (χ2n) is 6.28. The van der Waals surface area contributed by atoms with Crippen LogP contribution in [0.2, 0.25) is 0 Å². The minimum absolute atomic E-state index is 0.0680. The number of carbonyl (C=O) groups is 2. The lowest BCUT2D eigenvalue weighted by Crippen LogP contribution is -2.44. The summed E-state index contributed by atoms with van der Waals surface area (Å²) in [5, 5.41) is 8.89. The van der Waals surface area contributed by atoms with Crippen LogP contribution in [0.3, 0.4) is 0 Å². The molecule has 1 aromatic rings. The van der Waals surface area contributed by atoms with E-state index in [0.29, 0.717) is 30.1 Å². The lowest BCUT2D eigenvalue weighted by Gasteiger charge is -2.35. The van der Waals surface area contributed by atoms with Gasteiger partial charge in [0.1, 0.15) is 0 Å². The van der Waals surface area contributed by atoms with Gasteiger partial charge in [-0.25, -0.2) is 0 Å². The maximum absolute atomic E-state index is 12.6. The number of likely N-dealkylation sites (tertiary alicyclic amines) is 1. The van der Waals surface area contributed by atoms with Crippen LogP contribution < -0.4 is 9.47 Å². The molecular weight excluding hydrogens is 354 g/mol. The van der Waals surface area contributed by atoms with Gasteiger partial charge in [0, 0.05) is 36.1 Å². The number of piperidine rings is 1. The molecule has 1 N–H and O–H groups in total. The minimum Gasteiger partial charge on any atom is -0.493 e. The summed E-state index contributed by atoms with van der Waals surface area (Å²) >= 11 is 1.60. The summed E-state index contributed by atoms with van der Waals surface area (Å²) in [4.78, 5) is 26.3. The van der Waals surface area contributed by atoms with Gasteiger partial charge in [-0.05, 0) is 43.9 Å². The highest BCUT2D eigenvalue weighted by atomic mass is 32.2. The number of thioether (sulfide) groups is 1. The van der Waals surface area contributed by atoms with Crippen molar-refractivity contribution in [2.75, 3.05) is 26.5 Å². The molecule has 0 aliphatic carbocycles. The van der Waals surface area contributed by atoms with Crippen molar-refractivity contribution in [1.29, 1.82) is 0 Å². The molecule has 7 heteroatoms. The van der Waals surface area contributed by atoms with Crippen LogP contribution in [0.15, 0.2) is 23.1 Å². The molecule has 6 nitrogen and oxygen atoms in total. The Balaban J connectivity index is 1.86. The van der Waals surface area contributed by atoms with E-state index in [0.717, 1.165) is 30.7 Å². The SMILES string of the molecule is COc1ccc(SCCC(=O)N2CCCCC2CCC(=O)O)cc1OC. The van der Waals surface area contributed by atoms with Gasteiger partial charge in [-0.15, -0.1) is 11.8 Å². The van der Waals surface area contributed by atoms with Gasteiger partial charge in [-0.2, -0.15) is 0 Å². The number of hydrogen-bond donors (Lipinski definition) is 1. The van der Waals surface area contributed by atoms with Crippen molar-refractivity contribution in [3.8, 4) is 11.5 Å². The van der Waals surface area contributed by atoms with E-state index in [1.807, 2.05) is 23.1 Å². The van der Waals surface area contributed by atoms with Crippen LogP contribution in [0.4, 0.5) is 0 Å². The number of carboxylic acid groups (broad SMARTS) is 1. The van der Waals surface area contributed by atoms with Gasteiger partial charge in [0.15, 0.2) is 11.5 Å². The second kappa shape index (κ2) is 10.3. The molecule has 1 heterocycles. The van der Waals surface area contributed by atoms with Crippen molar-refractivity contribution in [3.63, 3.8) is 0 Å². The van der Waals surface area contributed by atoms with Crippen LogP contribution in [0.1, 0.15) is 38.5 Å². The van der Waals surface area contributed by atoms with Gasteiger partial charge in [0.25, 0.3) is 0 Å². The fourth-order valence-electron chi connectivity index (χ4n) is 3.23. The van der Waals surface area contributed by atoms with Crippen LogP contribution in [0, 0.1) is 0 Å².